The SMILES string of the molecule is C[C@H](CC(=O)Nc1cc(C(=O)NC2CC2)nn1C)C(=O)N[C@@H]1C(=O)N2CCCN2Cc2ccccc21. The second kappa shape index (κ2) is 9.73. The Morgan fingerprint density at radius 2 is 1.92 bits per heavy atom. The molecule has 4 amide bonds. The molecule has 1 saturated carbocycles. The number of benzene rings is 1. The topological polar surface area (TPSA) is 129 Å². The van der Waals surface area contributed by atoms with E-state index in [-0.39, 0.29) is 41.8 Å². The van der Waals surface area contributed by atoms with E-state index in [0.717, 1.165) is 36.9 Å². The average molecular weight is 494 g/mol. The molecule has 2 fully saturated rings. The second-order valence-electron chi connectivity index (χ2n) is 9.78. The van der Waals surface area contributed by atoms with E-state index in [0.29, 0.717) is 18.9 Å². The van der Waals surface area contributed by atoms with Crippen LogP contribution in [0.1, 0.15) is 60.3 Å². The van der Waals surface area contributed by atoms with Gasteiger partial charge in [-0.15, -0.1) is 0 Å². The predicted molar refractivity (Wildman–Crippen MR) is 130 cm³/mol. The van der Waals surface area contributed by atoms with E-state index in [9.17, 15) is 19.2 Å². The summed E-state index contributed by atoms with van der Waals surface area (Å²) in [6.45, 7) is 3.71. The molecule has 3 aliphatic rings. The summed E-state index contributed by atoms with van der Waals surface area (Å²) < 4.78 is 1.42. The van der Waals surface area contributed by atoms with Gasteiger partial charge in [0.2, 0.25) is 11.8 Å². The van der Waals surface area contributed by atoms with Crippen molar-refractivity contribution in [1.82, 2.24) is 30.4 Å². The summed E-state index contributed by atoms with van der Waals surface area (Å²) in [5.74, 6) is -1.49. The third-order valence-corrected chi connectivity index (χ3v) is 6.87. The van der Waals surface area contributed by atoms with Gasteiger partial charge in [0.1, 0.15) is 11.9 Å². The first-order valence-corrected chi connectivity index (χ1v) is 12.4. The molecular formula is C25H31N7O4. The maximum atomic E-state index is 13.3. The van der Waals surface area contributed by atoms with Crippen molar-refractivity contribution in [2.24, 2.45) is 13.0 Å². The molecule has 3 N–H and O–H groups in total. The van der Waals surface area contributed by atoms with Crippen LogP contribution in [0.4, 0.5) is 5.82 Å². The fraction of sp³-hybridized carbons (Fsp3) is 0.480. The summed E-state index contributed by atoms with van der Waals surface area (Å²) in [4.78, 5) is 51.3. The Hall–Kier alpha value is -3.73. The minimum Gasteiger partial charge on any atom is -0.348 e. The number of aryl methyl sites for hydroxylation is 1. The summed E-state index contributed by atoms with van der Waals surface area (Å²) in [6, 6.07) is 8.57. The summed E-state index contributed by atoms with van der Waals surface area (Å²) in [6.07, 6.45) is 2.75. The molecule has 3 heterocycles. The smallest absolute Gasteiger partial charge is 0.272 e. The molecule has 190 valence electrons. The van der Waals surface area contributed by atoms with Crippen LogP contribution in [0.15, 0.2) is 30.3 Å². The number of anilines is 1. The van der Waals surface area contributed by atoms with Gasteiger partial charge in [-0.05, 0) is 30.4 Å². The molecule has 0 bridgehead atoms. The first-order chi connectivity index (χ1) is 17.3. The fourth-order valence-corrected chi connectivity index (χ4v) is 4.69. The number of hydrazine groups is 1. The van der Waals surface area contributed by atoms with E-state index < -0.39 is 12.0 Å². The van der Waals surface area contributed by atoms with Crippen LogP contribution in [-0.4, -0.2) is 62.6 Å². The second-order valence-corrected chi connectivity index (χ2v) is 9.78. The number of hydrogen-bond acceptors (Lipinski definition) is 6. The number of fused-ring (bicyclic) bond motifs is 2. The standard InChI is InChI=1S/C25H31N7O4/c1-15(12-21(33)27-20-13-19(29-30(20)2)24(35)26-17-8-9-17)23(34)28-22-18-7-4-3-6-16(18)14-31-10-5-11-32(31)25(22)36/h3-4,6-7,13,15,17,22H,5,8-12,14H2,1-2H3,(H,26,35)(H,27,33)(H,28,34)/t15-,22+/m1/s1. The molecule has 36 heavy (non-hydrogen) atoms. The molecular weight excluding hydrogens is 462 g/mol. The summed E-state index contributed by atoms with van der Waals surface area (Å²) >= 11 is 0. The Morgan fingerprint density at radius 3 is 2.69 bits per heavy atom. The lowest BCUT2D eigenvalue weighted by molar-refractivity contribution is -0.148. The zero-order valence-corrected chi connectivity index (χ0v) is 20.5. The van der Waals surface area contributed by atoms with Crippen molar-refractivity contribution in [2.45, 2.75) is 51.2 Å². The van der Waals surface area contributed by atoms with Crippen molar-refractivity contribution >= 4 is 29.4 Å². The van der Waals surface area contributed by atoms with E-state index in [1.54, 1.807) is 19.0 Å². The van der Waals surface area contributed by atoms with Crippen LogP contribution < -0.4 is 16.0 Å². The van der Waals surface area contributed by atoms with Crippen molar-refractivity contribution in [2.75, 3.05) is 18.4 Å². The molecule has 0 spiro atoms. The molecule has 1 aliphatic carbocycles. The number of nitrogens with zero attached hydrogens (tertiary/aromatic N) is 4. The summed E-state index contributed by atoms with van der Waals surface area (Å²) in [7, 11) is 1.64. The lowest BCUT2D eigenvalue weighted by Crippen LogP contribution is -2.46. The van der Waals surface area contributed by atoms with Gasteiger partial charge in [-0.2, -0.15) is 5.10 Å². The van der Waals surface area contributed by atoms with Crippen LogP contribution >= 0.6 is 0 Å². The Bertz CT molecular complexity index is 1200. The monoisotopic (exact) mass is 493 g/mol. The minimum absolute atomic E-state index is 0.0843. The molecule has 1 aromatic carbocycles. The van der Waals surface area contributed by atoms with Crippen LogP contribution in [0, 0.1) is 5.92 Å². The lowest BCUT2D eigenvalue weighted by atomic mass is 9.98. The Kier molecular flexibility index (Phi) is 6.48. The van der Waals surface area contributed by atoms with Crippen LogP contribution in [-0.2, 0) is 28.0 Å². The fourth-order valence-electron chi connectivity index (χ4n) is 4.69. The van der Waals surface area contributed by atoms with Gasteiger partial charge in [-0.3, -0.25) is 28.9 Å². The largest absolute Gasteiger partial charge is 0.348 e. The lowest BCUT2D eigenvalue weighted by Gasteiger charge is -2.28. The zero-order chi connectivity index (χ0) is 25.4. The minimum atomic E-state index is -0.799. The number of amides is 4. The van der Waals surface area contributed by atoms with E-state index >= 15 is 0 Å². The number of aromatic nitrogens is 2. The van der Waals surface area contributed by atoms with Gasteiger partial charge in [0.25, 0.3) is 11.8 Å². The molecule has 1 aromatic heterocycles. The highest BCUT2D eigenvalue weighted by Gasteiger charge is 2.38. The molecule has 5 rings (SSSR count). The highest BCUT2D eigenvalue weighted by Crippen LogP contribution is 2.30. The van der Waals surface area contributed by atoms with Gasteiger partial charge in [0.05, 0.1) is 0 Å². The van der Waals surface area contributed by atoms with Crippen LogP contribution in [0.25, 0.3) is 0 Å². The molecule has 11 heteroatoms. The van der Waals surface area contributed by atoms with Crippen molar-refractivity contribution in [1.29, 1.82) is 0 Å². The number of hydrogen-bond donors (Lipinski definition) is 3. The van der Waals surface area contributed by atoms with Gasteiger partial charge in [0.15, 0.2) is 5.69 Å². The first kappa shape index (κ1) is 24.0. The molecule has 2 aromatic rings. The van der Waals surface area contributed by atoms with Crippen molar-refractivity contribution < 1.29 is 19.2 Å². The predicted octanol–water partition coefficient (Wildman–Crippen LogP) is 1.10. The van der Waals surface area contributed by atoms with Gasteiger partial charge >= 0.3 is 0 Å². The molecule has 2 aliphatic heterocycles. The quantitative estimate of drug-likeness (QED) is 0.530. The van der Waals surface area contributed by atoms with E-state index in [4.69, 9.17) is 0 Å². The molecule has 0 unspecified atom stereocenters. The number of carbonyl (C=O) groups is 4. The molecule has 11 nitrogen and oxygen atoms in total. The van der Waals surface area contributed by atoms with E-state index in [1.165, 1.54) is 10.7 Å². The highest BCUT2D eigenvalue weighted by molar-refractivity contribution is 5.97. The number of nitrogens with one attached hydrogen (secondary N) is 3. The van der Waals surface area contributed by atoms with Crippen LogP contribution in [0.2, 0.25) is 0 Å². The van der Waals surface area contributed by atoms with E-state index in [1.807, 2.05) is 29.3 Å². The van der Waals surface area contributed by atoms with Crippen molar-refractivity contribution in [3.05, 3.63) is 47.2 Å². The Labute approximate surface area is 209 Å². The van der Waals surface area contributed by atoms with Crippen LogP contribution in [0.3, 0.4) is 0 Å². The molecule has 2 atom stereocenters. The summed E-state index contributed by atoms with van der Waals surface area (Å²) in [5, 5.41) is 16.4. The molecule has 0 radical (unpaired) electrons. The van der Waals surface area contributed by atoms with E-state index in [2.05, 4.69) is 21.0 Å². The van der Waals surface area contributed by atoms with Gasteiger partial charge in [-0.25, -0.2) is 5.01 Å². The van der Waals surface area contributed by atoms with Crippen molar-refractivity contribution in [3.63, 3.8) is 0 Å². The maximum absolute atomic E-state index is 13.3. The average Bonchev–Trinajstić information content (AvgIpc) is 3.44. The van der Waals surface area contributed by atoms with Gasteiger partial charge in [-0.1, -0.05) is 31.2 Å². The Balaban J connectivity index is 1.22. The maximum Gasteiger partial charge on any atom is 0.272 e. The highest BCUT2D eigenvalue weighted by atomic mass is 16.2. The third-order valence-electron chi connectivity index (χ3n) is 6.87. The van der Waals surface area contributed by atoms with Gasteiger partial charge in [0, 0.05) is 51.1 Å². The number of carbonyl (C=O) groups excluding carboxylic acids is 4. The van der Waals surface area contributed by atoms with Gasteiger partial charge < -0.3 is 16.0 Å². The zero-order valence-electron chi connectivity index (χ0n) is 20.5. The normalized spacial score (nSPS) is 20.2. The van der Waals surface area contributed by atoms with Crippen molar-refractivity contribution in [3.8, 4) is 0 Å². The van der Waals surface area contributed by atoms with Crippen LogP contribution in [0.5, 0.6) is 0 Å². The first-order valence-electron chi connectivity index (χ1n) is 12.4. The Morgan fingerprint density at radius 1 is 1.14 bits per heavy atom. The summed E-state index contributed by atoms with van der Waals surface area (Å²) in [5.41, 5.74) is 2.02. The molecule has 1 saturated heterocycles. The third kappa shape index (κ3) is 4.97. The number of rotatable bonds is 7.